The number of carbonyl (C=O) groups excluding carboxylic acids is 2. The van der Waals surface area contributed by atoms with Gasteiger partial charge in [-0.25, -0.2) is 0 Å². The van der Waals surface area contributed by atoms with Crippen LogP contribution in [-0.4, -0.2) is 104 Å². The van der Waals surface area contributed by atoms with Gasteiger partial charge in [0.2, 0.25) is 11.8 Å². The smallest absolute Gasteiger partial charge is 0.248 e. The average Bonchev–Trinajstić information content (AvgIpc) is 2.89. The highest BCUT2D eigenvalue weighted by Gasteiger charge is 2.40. The molecule has 12 heteroatoms. The molecule has 1 aromatic rings. The zero-order valence-electron chi connectivity index (χ0n) is 22.3. The van der Waals surface area contributed by atoms with E-state index < -0.39 is 24.2 Å². The number of halogens is 1. The van der Waals surface area contributed by atoms with Crippen LogP contribution in [0.4, 0.5) is 0 Å². The van der Waals surface area contributed by atoms with Crippen molar-refractivity contribution in [3.05, 3.63) is 32.9 Å². The standard InChI is InChI=1S/C26H39IN2O9/c1-16(2)37-9-5-7-29(23(32)15-35-3)20-12-18(26(34)28-6-8-30)13-21(24(20)33)38-25-19(27)10-17(14-31)11-22(25)36-4/h10-11,13,16,20-21,24,30-31,33H,5-9,12,14-15H2,1-4H3,(H,28,34). The van der Waals surface area contributed by atoms with Crippen molar-refractivity contribution in [2.24, 2.45) is 0 Å². The topological polar surface area (TPSA) is 147 Å². The number of carbonyl (C=O) groups is 2. The van der Waals surface area contributed by atoms with Crippen molar-refractivity contribution in [1.82, 2.24) is 10.2 Å². The lowest BCUT2D eigenvalue weighted by Crippen LogP contribution is -2.56. The first-order valence-corrected chi connectivity index (χ1v) is 13.6. The molecule has 38 heavy (non-hydrogen) atoms. The zero-order chi connectivity index (χ0) is 28.2. The van der Waals surface area contributed by atoms with Crippen molar-refractivity contribution in [2.45, 2.75) is 57.6 Å². The Morgan fingerprint density at radius 1 is 1.24 bits per heavy atom. The van der Waals surface area contributed by atoms with Crippen molar-refractivity contribution >= 4 is 34.4 Å². The minimum Gasteiger partial charge on any atom is -0.493 e. The monoisotopic (exact) mass is 650 g/mol. The van der Waals surface area contributed by atoms with Crippen LogP contribution in [0.5, 0.6) is 11.5 Å². The molecule has 0 aliphatic heterocycles. The minimum atomic E-state index is -1.19. The van der Waals surface area contributed by atoms with Gasteiger partial charge >= 0.3 is 0 Å². The van der Waals surface area contributed by atoms with Crippen molar-refractivity contribution in [1.29, 1.82) is 0 Å². The van der Waals surface area contributed by atoms with Crippen LogP contribution < -0.4 is 14.8 Å². The molecule has 0 radical (unpaired) electrons. The van der Waals surface area contributed by atoms with Crippen molar-refractivity contribution in [2.75, 3.05) is 47.1 Å². The summed E-state index contributed by atoms with van der Waals surface area (Å²) in [6, 6.07) is 2.57. The van der Waals surface area contributed by atoms with Gasteiger partial charge in [0.25, 0.3) is 0 Å². The number of aliphatic hydroxyl groups is 3. The molecule has 4 N–H and O–H groups in total. The van der Waals surface area contributed by atoms with Crippen LogP contribution in [0.15, 0.2) is 23.8 Å². The summed E-state index contributed by atoms with van der Waals surface area (Å²) in [7, 11) is 2.88. The predicted octanol–water partition coefficient (Wildman–Crippen LogP) is 0.998. The number of ether oxygens (including phenoxy) is 4. The van der Waals surface area contributed by atoms with E-state index >= 15 is 0 Å². The number of nitrogens with one attached hydrogen (secondary N) is 1. The molecule has 0 spiro atoms. The molecule has 214 valence electrons. The summed E-state index contributed by atoms with van der Waals surface area (Å²) < 4.78 is 23.0. The summed E-state index contributed by atoms with van der Waals surface area (Å²) in [6.45, 7) is 3.99. The number of methoxy groups -OCH3 is 2. The van der Waals surface area contributed by atoms with E-state index in [-0.39, 0.29) is 51.3 Å². The second kappa shape index (κ2) is 16.2. The van der Waals surface area contributed by atoms with Crippen LogP contribution in [-0.2, 0) is 25.7 Å². The normalized spacial score (nSPS) is 19.2. The Kier molecular flexibility index (Phi) is 13.8. The summed E-state index contributed by atoms with van der Waals surface area (Å²) >= 11 is 2.05. The number of nitrogens with zero attached hydrogens (tertiary/aromatic N) is 1. The number of amides is 2. The third kappa shape index (κ3) is 9.06. The number of aliphatic hydroxyl groups excluding tert-OH is 3. The Labute approximate surface area is 237 Å². The minimum absolute atomic E-state index is 0.0376. The van der Waals surface area contributed by atoms with E-state index in [9.17, 15) is 19.8 Å². The fourth-order valence-corrected chi connectivity index (χ4v) is 4.92. The number of hydrogen-bond donors (Lipinski definition) is 4. The van der Waals surface area contributed by atoms with Crippen LogP contribution in [0.3, 0.4) is 0 Å². The number of rotatable bonds is 15. The van der Waals surface area contributed by atoms with Gasteiger partial charge in [0.1, 0.15) is 18.8 Å². The lowest BCUT2D eigenvalue weighted by atomic mass is 9.88. The van der Waals surface area contributed by atoms with Gasteiger partial charge in [-0.3, -0.25) is 9.59 Å². The van der Waals surface area contributed by atoms with Crippen molar-refractivity contribution < 1.29 is 43.9 Å². The van der Waals surface area contributed by atoms with Crippen LogP contribution >= 0.6 is 22.6 Å². The Morgan fingerprint density at radius 2 is 1.97 bits per heavy atom. The summed E-state index contributed by atoms with van der Waals surface area (Å²) in [6.07, 6.45) is -0.0201. The highest BCUT2D eigenvalue weighted by Crippen LogP contribution is 2.37. The molecule has 0 bridgehead atoms. The van der Waals surface area contributed by atoms with Gasteiger partial charge < -0.3 is 44.5 Å². The Morgan fingerprint density at radius 3 is 2.58 bits per heavy atom. The molecule has 0 saturated heterocycles. The number of benzene rings is 1. The maximum Gasteiger partial charge on any atom is 0.248 e. The van der Waals surface area contributed by atoms with Crippen LogP contribution in [0.1, 0.15) is 32.3 Å². The first kappa shape index (κ1) is 32.2. The molecule has 0 heterocycles. The largest absolute Gasteiger partial charge is 0.493 e. The first-order valence-electron chi connectivity index (χ1n) is 12.5. The summed E-state index contributed by atoms with van der Waals surface area (Å²) in [5.41, 5.74) is 0.939. The maximum atomic E-state index is 13.1. The second-order valence-corrected chi connectivity index (χ2v) is 10.2. The van der Waals surface area contributed by atoms with Crippen LogP contribution in [0, 0.1) is 3.57 Å². The van der Waals surface area contributed by atoms with Crippen LogP contribution in [0.2, 0.25) is 0 Å². The molecule has 11 nitrogen and oxygen atoms in total. The highest BCUT2D eigenvalue weighted by atomic mass is 127. The lowest BCUT2D eigenvalue weighted by molar-refractivity contribution is -0.142. The van der Waals surface area contributed by atoms with Crippen LogP contribution in [0.25, 0.3) is 0 Å². The fraction of sp³-hybridized carbons (Fsp3) is 0.615. The second-order valence-electron chi connectivity index (χ2n) is 9.08. The Bertz CT molecular complexity index is 957. The average molecular weight is 651 g/mol. The van der Waals surface area contributed by atoms with E-state index in [0.29, 0.717) is 39.2 Å². The molecular formula is C26H39IN2O9. The highest BCUT2D eigenvalue weighted by molar-refractivity contribution is 14.1. The SMILES string of the molecule is COCC(=O)N(CCCOC(C)C)C1CC(C(=O)NCCO)=CC(Oc2c(I)cc(CO)cc2OC)C1O. The molecule has 0 fully saturated rings. The molecular weight excluding hydrogens is 611 g/mol. The van der Waals surface area contributed by atoms with Gasteiger partial charge in [0.15, 0.2) is 11.5 Å². The zero-order valence-corrected chi connectivity index (χ0v) is 24.5. The summed E-state index contributed by atoms with van der Waals surface area (Å²) in [4.78, 5) is 27.5. The third-order valence-corrected chi connectivity index (χ3v) is 6.72. The van der Waals surface area contributed by atoms with Gasteiger partial charge in [-0.15, -0.1) is 0 Å². The molecule has 2 rings (SSSR count). The molecule has 3 unspecified atom stereocenters. The van der Waals surface area contributed by atoms with E-state index in [0.717, 1.165) is 0 Å². The van der Waals surface area contributed by atoms with E-state index in [4.69, 9.17) is 24.1 Å². The number of hydrogen-bond acceptors (Lipinski definition) is 9. The molecule has 1 aromatic carbocycles. The van der Waals surface area contributed by atoms with E-state index in [1.807, 2.05) is 36.4 Å². The molecule has 0 aromatic heterocycles. The molecule has 1 aliphatic carbocycles. The quantitative estimate of drug-likeness (QED) is 0.161. The Hall–Kier alpha value is -1.97. The van der Waals surface area contributed by atoms with Gasteiger partial charge in [0.05, 0.1) is 36.0 Å². The molecule has 2 amide bonds. The first-order chi connectivity index (χ1) is 18.2. The fourth-order valence-electron chi connectivity index (χ4n) is 4.13. The third-order valence-electron chi connectivity index (χ3n) is 5.92. The maximum absolute atomic E-state index is 13.1. The van der Waals surface area contributed by atoms with Gasteiger partial charge in [-0.05, 0) is 66.6 Å². The molecule has 3 atom stereocenters. The molecule has 1 aliphatic rings. The van der Waals surface area contributed by atoms with Crippen molar-refractivity contribution in [3.63, 3.8) is 0 Å². The van der Waals surface area contributed by atoms with Gasteiger partial charge in [-0.2, -0.15) is 0 Å². The van der Waals surface area contributed by atoms with E-state index in [2.05, 4.69) is 5.32 Å². The van der Waals surface area contributed by atoms with Gasteiger partial charge in [0, 0.05) is 38.8 Å². The summed E-state index contributed by atoms with van der Waals surface area (Å²) in [5.74, 6) is -0.0741. The van der Waals surface area contributed by atoms with E-state index in [1.54, 1.807) is 12.1 Å². The molecule has 0 saturated carbocycles. The lowest BCUT2D eigenvalue weighted by Gasteiger charge is -2.40. The van der Waals surface area contributed by atoms with E-state index in [1.165, 1.54) is 25.2 Å². The predicted molar refractivity (Wildman–Crippen MR) is 148 cm³/mol. The summed E-state index contributed by atoms with van der Waals surface area (Å²) in [5, 5.41) is 32.8. The van der Waals surface area contributed by atoms with Gasteiger partial charge in [-0.1, -0.05) is 0 Å². The Balaban J connectivity index is 2.44. The van der Waals surface area contributed by atoms with Crippen molar-refractivity contribution in [3.8, 4) is 11.5 Å².